The van der Waals surface area contributed by atoms with Gasteiger partial charge in [0, 0.05) is 25.2 Å². The maximum atomic E-state index is 11.8. The van der Waals surface area contributed by atoms with E-state index >= 15 is 0 Å². The number of carboxylic acid groups (broad SMARTS) is 1. The summed E-state index contributed by atoms with van der Waals surface area (Å²) < 4.78 is 75.1. The van der Waals surface area contributed by atoms with Crippen molar-refractivity contribution in [2.75, 3.05) is 31.6 Å². The number of carboxylic acids is 1. The minimum Gasteiger partial charge on any atom is -0.481 e. The van der Waals surface area contributed by atoms with Gasteiger partial charge in [0.2, 0.25) is 0 Å². The normalized spacial score (nSPS) is 12.0. The number of ether oxygens (including phenoxy) is 1. The van der Waals surface area contributed by atoms with Crippen molar-refractivity contribution in [3.8, 4) is 12.1 Å². The SMILES string of the molecule is CCN(C(C)C)C(C)C.C[C@@H](CCCCNC(=O)C(F)(F)F)C(=O)O.C[C@@H](CCCCNC(=O)C(F)(F)F)C(=O)OCC#N.N#CCBr. The standard InChI is InChI=1S/C11H15F3N2O3.C9H14F3NO3.C8H19N.C2H2BrN/c1-8(9(17)19-7-5-15)4-2-3-6-16-10(18)11(12,13)14;1-6(7(14)15)4-2-3-5-13-8(16)9(10,11)12;1-6-9(7(2)3)8(4)5;3-1-2-4/h8H,2-4,6-7H2,1H3,(H,16,18);6H,2-5H2,1H3,(H,13,16)(H,14,15);7-8H,6H2,1-5H3;1H2/t8-;6-;;/m00../s1. The number of nitrogens with zero attached hydrogens (tertiary/aromatic N) is 3. The van der Waals surface area contributed by atoms with Crippen LogP contribution in [-0.4, -0.2) is 89.8 Å². The van der Waals surface area contributed by atoms with Crippen LogP contribution in [-0.2, 0) is 23.9 Å². The zero-order valence-corrected chi connectivity index (χ0v) is 30.1. The van der Waals surface area contributed by atoms with E-state index in [2.05, 4.69) is 60.2 Å². The molecule has 0 aromatic carbocycles. The lowest BCUT2D eigenvalue weighted by atomic mass is 10.0. The third-order valence-corrected chi connectivity index (χ3v) is 6.32. The maximum Gasteiger partial charge on any atom is 0.471 e. The van der Waals surface area contributed by atoms with Crippen molar-refractivity contribution in [3.05, 3.63) is 0 Å². The molecule has 0 rings (SSSR count). The molecule has 18 heteroatoms. The Morgan fingerprint density at radius 2 is 1.15 bits per heavy atom. The first-order valence-corrected chi connectivity index (χ1v) is 16.3. The van der Waals surface area contributed by atoms with Gasteiger partial charge in [0.1, 0.15) is 6.07 Å². The van der Waals surface area contributed by atoms with Gasteiger partial charge in [-0.15, -0.1) is 0 Å². The second kappa shape index (κ2) is 30.0. The van der Waals surface area contributed by atoms with Crippen molar-refractivity contribution in [2.45, 2.75) is 111 Å². The molecule has 0 radical (unpaired) electrons. The Bertz CT molecular complexity index is 977. The molecule has 48 heavy (non-hydrogen) atoms. The molecule has 3 N–H and O–H groups in total. The molecule has 2 atom stereocenters. The van der Waals surface area contributed by atoms with E-state index in [0.717, 1.165) is 6.54 Å². The number of nitrogens with one attached hydrogen (secondary N) is 2. The lowest BCUT2D eigenvalue weighted by Crippen LogP contribution is -2.37. The lowest BCUT2D eigenvalue weighted by Gasteiger charge is -2.28. The topological polar surface area (TPSA) is 173 Å². The van der Waals surface area contributed by atoms with Crippen molar-refractivity contribution in [3.63, 3.8) is 0 Å². The number of hydrogen-bond acceptors (Lipinski definition) is 8. The summed E-state index contributed by atoms with van der Waals surface area (Å²) in [7, 11) is 0. The molecule has 0 spiro atoms. The highest BCUT2D eigenvalue weighted by Crippen LogP contribution is 2.15. The predicted molar refractivity (Wildman–Crippen MR) is 170 cm³/mol. The fourth-order valence-corrected chi connectivity index (χ4v) is 3.57. The van der Waals surface area contributed by atoms with Gasteiger partial charge < -0.3 is 20.5 Å². The van der Waals surface area contributed by atoms with Crippen molar-refractivity contribution in [2.24, 2.45) is 11.8 Å². The molecule has 2 amide bonds. The Morgan fingerprint density at radius 3 is 1.40 bits per heavy atom. The van der Waals surface area contributed by atoms with E-state index in [4.69, 9.17) is 15.6 Å². The number of carbonyl (C=O) groups is 4. The lowest BCUT2D eigenvalue weighted by molar-refractivity contribution is -0.173. The molecule has 0 aliphatic rings. The van der Waals surface area contributed by atoms with Gasteiger partial charge in [0.25, 0.3) is 0 Å². The van der Waals surface area contributed by atoms with Crippen LogP contribution in [0.5, 0.6) is 0 Å². The summed E-state index contributed by atoms with van der Waals surface area (Å²) in [5, 5.41) is 28.2. The monoisotopic (exact) mass is 769 g/mol. The molecule has 280 valence electrons. The number of halogens is 7. The van der Waals surface area contributed by atoms with Crippen LogP contribution in [0.2, 0.25) is 0 Å². The molecule has 0 bridgehead atoms. The third kappa shape index (κ3) is 32.8. The van der Waals surface area contributed by atoms with Crippen LogP contribution in [0.15, 0.2) is 0 Å². The number of hydrogen-bond donors (Lipinski definition) is 3. The summed E-state index contributed by atoms with van der Waals surface area (Å²) in [6.45, 7) is 15.0. The molecule has 0 aromatic heterocycles. The summed E-state index contributed by atoms with van der Waals surface area (Å²) in [5.41, 5.74) is 0. The molecule has 11 nitrogen and oxygen atoms in total. The van der Waals surface area contributed by atoms with E-state index in [0.29, 0.717) is 55.9 Å². The molecule has 0 saturated heterocycles. The van der Waals surface area contributed by atoms with Crippen LogP contribution < -0.4 is 10.6 Å². The minimum absolute atomic E-state index is 0.0926. The summed E-state index contributed by atoms with van der Waals surface area (Å²) in [4.78, 5) is 44.8. The molecule has 0 aliphatic heterocycles. The first-order chi connectivity index (χ1) is 22.0. The molecular weight excluding hydrogens is 720 g/mol. The molecular formula is C30H50BrF6N5O6. The predicted octanol–water partition coefficient (Wildman–Crippen LogP) is 6.12. The van der Waals surface area contributed by atoms with Gasteiger partial charge in [-0.25, -0.2) is 0 Å². The summed E-state index contributed by atoms with van der Waals surface area (Å²) in [6.07, 6.45) is -7.31. The number of alkyl halides is 7. The first-order valence-electron chi connectivity index (χ1n) is 15.2. The zero-order chi connectivity index (χ0) is 38.5. The van der Waals surface area contributed by atoms with E-state index in [9.17, 15) is 45.5 Å². The molecule has 0 saturated carbocycles. The number of amides is 2. The van der Waals surface area contributed by atoms with E-state index < -0.39 is 47.9 Å². The van der Waals surface area contributed by atoms with Crippen molar-refractivity contribution >= 4 is 39.7 Å². The minimum atomic E-state index is -4.87. The number of carbonyl (C=O) groups excluding carboxylic acids is 3. The molecule has 0 aromatic rings. The highest BCUT2D eigenvalue weighted by atomic mass is 79.9. The number of rotatable bonds is 16. The summed E-state index contributed by atoms with van der Waals surface area (Å²) in [6, 6.07) is 4.89. The molecule has 0 heterocycles. The first kappa shape index (κ1) is 51.7. The number of esters is 1. The van der Waals surface area contributed by atoms with Gasteiger partial charge in [-0.2, -0.15) is 36.9 Å². The fraction of sp³-hybridized carbons (Fsp3) is 0.800. The molecule has 0 fully saturated rings. The average Bonchev–Trinajstić information content (AvgIpc) is 2.98. The Kier molecular flexibility index (Phi) is 32.3. The van der Waals surface area contributed by atoms with Gasteiger partial charge >= 0.3 is 36.1 Å². The summed E-state index contributed by atoms with van der Waals surface area (Å²) in [5.74, 6) is -6.31. The van der Waals surface area contributed by atoms with Crippen LogP contribution >= 0.6 is 15.9 Å². The molecule has 0 aliphatic carbocycles. The third-order valence-electron chi connectivity index (χ3n) is 6.07. The Hall–Kier alpha value is -3.12. The highest BCUT2D eigenvalue weighted by molar-refractivity contribution is 9.09. The van der Waals surface area contributed by atoms with Crippen LogP contribution in [0.3, 0.4) is 0 Å². The van der Waals surface area contributed by atoms with E-state index in [1.54, 1.807) is 23.6 Å². The van der Waals surface area contributed by atoms with Gasteiger partial charge in [0.05, 0.1) is 23.2 Å². The van der Waals surface area contributed by atoms with E-state index in [1.165, 1.54) is 6.92 Å². The Balaban J connectivity index is -0.000000300. The summed E-state index contributed by atoms with van der Waals surface area (Å²) >= 11 is 2.89. The van der Waals surface area contributed by atoms with Crippen molar-refractivity contribution in [1.82, 2.24) is 15.5 Å². The quantitative estimate of drug-likeness (QED) is 0.0723. The van der Waals surface area contributed by atoms with Gasteiger partial charge in [-0.3, -0.25) is 24.1 Å². The maximum absolute atomic E-state index is 11.8. The largest absolute Gasteiger partial charge is 0.481 e. The Labute approximate surface area is 287 Å². The van der Waals surface area contributed by atoms with Gasteiger partial charge in [-0.1, -0.05) is 49.5 Å². The van der Waals surface area contributed by atoms with E-state index in [1.807, 2.05) is 6.07 Å². The van der Waals surface area contributed by atoms with E-state index in [-0.39, 0.29) is 19.7 Å². The van der Waals surface area contributed by atoms with Crippen molar-refractivity contribution < 1.29 is 55.4 Å². The second-order valence-corrected chi connectivity index (χ2v) is 11.3. The zero-order valence-electron chi connectivity index (χ0n) is 28.6. The number of aliphatic carboxylic acids is 1. The smallest absolute Gasteiger partial charge is 0.471 e. The van der Waals surface area contributed by atoms with Crippen LogP contribution in [0.4, 0.5) is 26.3 Å². The fourth-order valence-electron chi connectivity index (χ4n) is 3.57. The number of unbranched alkanes of at least 4 members (excludes halogenated alkanes) is 2. The second-order valence-electron chi connectivity index (χ2n) is 10.7. The van der Waals surface area contributed by atoms with Gasteiger partial charge in [-0.05, 0) is 59.9 Å². The average molecular weight is 771 g/mol. The van der Waals surface area contributed by atoms with Crippen LogP contribution in [0, 0.1) is 34.5 Å². The van der Waals surface area contributed by atoms with Gasteiger partial charge in [0.15, 0.2) is 6.61 Å². The van der Waals surface area contributed by atoms with Crippen molar-refractivity contribution in [1.29, 1.82) is 10.5 Å². The Morgan fingerprint density at radius 1 is 0.771 bits per heavy atom. The van der Waals surface area contributed by atoms with Crippen LogP contribution in [0.25, 0.3) is 0 Å². The molecule has 0 unspecified atom stereocenters. The highest BCUT2D eigenvalue weighted by Gasteiger charge is 2.38. The van der Waals surface area contributed by atoms with Crippen LogP contribution in [0.1, 0.15) is 87.0 Å². The number of nitriles is 2.